The summed E-state index contributed by atoms with van der Waals surface area (Å²) in [6.45, 7) is 3.19. The van der Waals surface area contributed by atoms with Gasteiger partial charge in [-0.2, -0.15) is 8.75 Å². The Bertz CT molecular complexity index is 256. The van der Waals surface area contributed by atoms with Crippen LogP contribution in [-0.4, -0.2) is 39.8 Å². The molecule has 0 saturated carbocycles. The van der Waals surface area contributed by atoms with Crippen LogP contribution in [0.5, 0.6) is 0 Å². The quantitative estimate of drug-likeness (QED) is 0.801. The van der Waals surface area contributed by atoms with E-state index in [-0.39, 0.29) is 0 Å². The van der Waals surface area contributed by atoms with Gasteiger partial charge in [-0.25, -0.2) is 0 Å². The van der Waals surface area contributed by atoms with Crippen LogP contribution < -0.4 is 5.32 Å². The van der Waals surface area contributed by atoms with Gasteiger partial charge in [-0.3, -0.25) is 4.90 Å². The van der Waals surface area contributed by atoms with Crippen LogP contribution >= 0.6 is 11.7 Å². The fraction of sp³-hybridized carbons (Fsp3) is 0.778. The van der Waals surface area contributed by atoms with Crippen LogP contribution in [0.25, 0.3) is 0 Å². The lowest BCUT2D eigenvalue weighted by Gasteiger charge is -2.30. The zero-order chi connectivity index (χ0) is 9.80. The fourth-order valence-corrected chi connectivity index (χ4v) is 2.27. The van der Waals surface area contributed by atoms with E-state index in [1.54, 1.807) is 0 Å². The highest BCUT2D eigenvalue weighted by Gasteiger charge is 2.17. The molecule has 0 amide bonds. The van der Waals surface area contributed by atoms with Gasteiger partial charge in [0.2, 0.25) is 0 Å². The van der Waals surface area contributed by atoms with Crippen molar-refractivity contribution < 1.29 is 0 Å². The van der Waals surface area contributed by atoms with Crippen LogP contribution in [0, 0.1) is 0 Å². The Hall–Kier alpha value is -0.520. The Balaban J connectivity index is 1.85. The maximum absolute atomic E-state index is 4.22. The molecule has 5 heteroatoms. The molecule has 1 saturated heterocycles. The third kappa shape index (κ3) is 2.50. The molecule has 2 heterocycles. The number of likely N-dealkylation sites (N-methyl/N-ethyl adjacent to an activating group) is 1. The summed E-state index contributed by atoms with van der Waals surface area (Å²) in [6, 6.07) is 0.658. The largest absolute Gasteiger partial charge is 0.315 e. The van der Waals surface area contributed by atoms with Crippen molar-refractivity contribution in [3.8, 4) is 0 Å². The minimum Gasteiger partial charge on any atom is -0.315 e. The smallest absolute Gasteiger partial charge is 0.0883 e. The highest BCUT2D eigenvalue weighted by Crippen LogP contribution is 2.11. The molecule has 0 bridgehead atoms. The molecule has 1 fully saturated rings. The summed E-state index contributed by atoms with van der Waals surface area (Å²) < 4.78 is 8.23. The molecule has 1 aromatic rings. The first kappa shape index (κ1) is 10.0. The molecule has 1 aromatic heterocycles. The standard InChI is InChI=1S/C9H16N4S/c1-13(7-8-5-11-14-12-8)9-3-2-4-10-6-9/h5,9-10H,2-4,6-7H2,1H3. The minimum absolute atomic E-state index is 0.658. The van der Waals surface area contributed by atoms with E-state index in [4.69, 9.17) is 0 Å². The maximum atomic E-state index is 4.22. The lowest BCUT2D eigenvalue weighted by atomic mass is 10.1. The number of aromatic nitrogens is 2. The van der Waals surface area contributed by atoms with E-state index in [1.807, 2.05) is 6.20 Å². The fourth-order valence-electron chi connectivity index (χ4n) is 1.85. The van der Waals surface area contributed by atoms with Gasteiger partial charge >= 0.3 is 0 Å². The predicted molar refractivity (Wildman–Crippen MR) is 57.3 cm³/mol. The van der Waals surface area contributed by atoms with Crippen molar-refractivity contribution in [2.24, 2.45) is 0 Å². The molecule has 14 heavy (non-hydrogen) atoms. The second-order valence-corrected chi connectivity index (χ2v) is 4.37. The number of piperidine rings is 1. The zero-order valence-electron chi connectivity index (χ0n) is 8.44. The summed E-state index contributed by atoms with van der Waals surface area (Å²) in [5, 5.41) is 3.42. The van der Waals surface area contributed by atoms with Crippen molar-refractivity contribution in [2.75, 3.05) is 20.1 Å². The van der Waals surface area contributed by atoms with E-state index >= 15 is 0 Å². The molecular formula is C9H16N4S. The number of nitrogens with one attached hydrogen (secondary N) is 1. The zero-order valence-corrected chi connectivity index (χ0v) is 9.26. The lowest BCUT2D eigenvalue weighted by molar-refractivity contribution is 0.194. The Morgan fingerprint density at radius 3 is 3.29 bits per heavy atom. The topological polar surface area (TPSA) is 41.1 Å². The predicted octanol–water partition coefficient (Wildman–Crippen LogP) is 0.722. The molecule has 1 atom stereocenters. The van der Waals surface area contributed by atoms with Crippen molar-refractivity contribution in [3.63, 3.8) is 0 Å². The lowest BCUT2D eigenvalue weighted by Crippen LogP contribution is -2.43. The molecule has 0 spiro atoms. The van der Waals surface area contributed by atoms with E-state index in [9.17, 15) is 0 Å². The number of rotatable bonds is 3. The molecule has 0 aliphatic carbocycles. The van der Waals surface area contributed by atoms with Crippen molar-refractivity contribution >= 4 is 11.7 Å². The highest BCUT2D eigenvalue weighted by molar-refractivity contribution is 6.99. The van der Waals surface area contributed by atoms with Gasteiger partial charge in [0.15, 0.2) is 0 Å². The third-order valence-electron chi connectivity index (χ3n) is 2.71. The molecule has 1 unspecified atom stereocenters. The van der Waals surface area contributed by atoms with Gasteiger partial charge in [-0.1, -0.05) is 0 Å². The molecule has 1 aliphatic rings. The van der Waals surface area contributed by atoms with Crippen molar-refractivity contribution in [3.05, 3.63) is 11.9 Å². The van der Waals surface area contributed by atoms with E-state index in [2.05, 4.69) is 26.0 Å². The molecule has 0 radical (unpaired) electrons. The second-order valence-electron chi connectivity index (χ2n) is 3.81. The van der Waals surface area contributed by atoms with Gasteiger partial charge in [0.05, 0.1) is 23.6 Å². The Kier molecular flexibility index (Phi) is 3.44. The first-order valence-electron chi connectivity index (χ1n) is 5.03. The molecule has 1 aliphatic heterocycles. The molecule has 0 aromatic carbocycles. The SMILES string of the molecule is CN(Cc1cnsn1)C1CCCNC1. The van der Waals surface area contributed by atoms with E-state index in [1.165, 1.54) is 31.1 Å². The monoisotopic (exact) mass is 212 g/mol. The van der Waals surface area contributed by atoms with E-state index in [0.717, 1.165) is 18.8 Å². The summed E-state index contributed by atoms with van der Waals surface area (Å²) in [5.74, 6) is 0. The normalized spacial score (nSPS) is 22.9. The van der Waals surface area contributed by atoms with Crippen molar-refractivity contribution in [1.29, 1.82) is 0 Å². The van der Waals surface area contributed by atoms with Crippen LogP contribution in [0.4, 0.5) is 0 Å². The summed E-state index contributed by atoms with van der Waals surface area (Å²) in [4.78, 5) is 2.36. The Morgan fingerprint density at radius 1 is 1.71 bits per heavy atom. The average Bonchev–Trinajstić information content (AvgIpc) is 2.72. The van der Waals surface area contributed by atoms with Crippen molar-refractivity contribution in [1.82, 2.24) is 19.0 Å². The highest BCUT2D eigenvalue weighted by atomic mass is 32.1. The molecule has 4 nitrogen and oxygen atoms in total. The Morgan fingerprint density at radius 2 is 2.64 bits per heavy atom. The van der Waals surface area contributed by atoms with Gasteiger partial charge in [0, 0.05) is 19.1 Å². The van der Waals surface area contributed by atoms with Crippen LogP contribution in [0.3, 0.4) is 0 Å². The van der Waals surface area contributed by atoms with E-state index in [0.29, 0.717) is 6.04 Å². The summed E-state index contributed by atoms with van der Waals surface area (Å²) >= 11 is 1.29. The summed E-state index contributed by atoms with van der Waals surface area (Å²) in [7, 11) is 2.16. The van der Waals surface area contributed by atoms with Gasteiger partial charge in [0.1, 0.15) is 0 Å². The molecule has 78 valence electrons. The van der Waals surface area contributed by atoms with Crippen LogP contribution in [0.15, 0.2) is 6.20 Å². The maximum Gasteiger partial charge on any atom is 0.0883 e. The third-order valence-corrected chi connectivity index (χ3v) is 3.23. The van der Waals surface area contributed by atoms with Gasteiger partial charge < -0.3 is 5.32 Å². The van der Waals surface area contributed by atoms with Crippen LogP contribution in [0.2, 0.25) is 0 Å². The first-order chi connectivity index (χ1) is 6.86. The van der Waals surface area contributed by atoms with Gasteiger partial charge in [-0.05, 0) is 26.4 Å². The van der Waals surface area contributed by atoms with Crippen LogP contribution in [-0.2, 0) is 6.54 Å². The second kappa shape index (κ2) is 4.82. The molecule has 2 rings (SSSR count). The first-order valence-corrected chi connectivity index (χ1v) is 5.76. The van der Waals surface area contributed by atoms with E-state index < -0.39 is 0 Å². The number of hydrogen-bond acceptors (Lipinski definition) is 5. The number of hydrogen-bond donors (Lipinski definition) is 1. The summed E-state index contributed by atoms with van der Waals surface area (Å²) in [5.41, 5.74) is 1.09. The van der Waals surface area contributed by atoms with Gasteiger partial charge in [0.25, 0.3) is 0 Å². The van der Waals surface area contributed by atoms with Crippen molar-refractivity contribution in [2.45, 2.75) is 25.4 Å². The Labute approximate surface area is 88.7 Å². The molecule has 1 N–H and O–H groups in total. The summed E-state index contributed by atoms with van der Waals surface area (Å²) in [6.07, 6.45) is 4.43. The van der Waals surface area contributed by atoms with Gasteiger partial charge in [-0.15, -0.1) is 0 Å². The molecular weight excluding hydrogens is 196 g/mol. The number of nitrogens with zero attached hydrogens (tertiary/aromatic N) is 3. The average molecular weight is 212 g/mol. The van der Waals surface area contributed by atoms with Crippen LogP contribution in [0.1, 0.15) is 18.5 Å². The minimum atomic E-state index is 0.658.